The summed E-state index contributed by atoms with van der Waals surface area (Å²) in [5.74, 6) is -4.33. The predicted octanol–water partition coefficient (Wildman–Crippen LogP) is -4.37. The fraction of sp³-hybridized carbons (Fsp3) is 0.400. The van der Waals surface area contributed by atoms with Gasteiger partial charge in [-0.05, 0) is 6.92 Å². The molecule has 0 atom stereocenters. The van der Waals surface area contributed by atoms with E-state index in [0.29, 0.717) is 0 Å². The highest BCUT2D eigenvalue weighted by Crippen LogP contribution is 1.66. The van der Waals surface area contributed by atoms with E-state index in [1.54, 1.807) is 0 Å². The molecule has 11 heavy (non-hydrogen) atoms. The number of rotatable bonds is 2. The molecule has 0 radical (unpaired) electrons. The lowest BCUT2D eigenvalue weighted by atomic mass is 10.5. The second-order valence-corrected chi connectivity index (χ2v) is 1.41. The Labute approximate surface area is 62.1 Å². The molecule has 6 nitrogen and oxygen atoms in total. The molecule has 0 amide bonds. The van der Waals surface area contributed by atoms with Crippen molar-refractivity contribution >= 4 is 17.9 Å². The Bertz CT molecular complexity index is 144. The highest BCUT2D eigenvalue weighted by atomic mass is 16.4. The van der Waals surface area contributed by atoms with E-state index < -0.39 is 24.3 Å². The largest absolute Gasteiger partial charge is 0.550 e. The van der Waals surface area contributed by atoms with Crippen LogP contribution in [0.5, 0.6) is 0 Å². The zero-order valence-corrected chi connectivity index (χ0v) is 5.66. The van der Waals surface area contributed by atoms with Crippen molar-refractivity contribution in [2.45, 2.75) is 13.3 Å². The molecule has 0 aliphatic heterocycles. The average molecular weight is 161 g/mol. The summed E-state index contributed by atoms with van der Waals surface area (Å²) in [6.45, 7) is 0.972. The molecule has 0 aromatic carbocycles. The first-order valence-corrected chi connectivity index (χ1v) is 2.43. The van der Waals surface area contributed by atoms with E-state index in [2.05, 4.69) is 0 Å². The summed E-state index contributed by atoms with van der Waals surface area (Å²) in [7, 11) is 0. The number of hydrogen-bond acceptors (Lipinski definition) is 6. The van der Waals surface area contributed by atoms with Gasteiger partial charge in [-0.15, -0.1) is 0 Å². The van der Waals surface area contributed by atoms with Crippen LogP contribution in [-0.4, -0.2) is 17.9 Å². The van der Waals surface area contributed by atoms with Gasteiger partial charge in [-0.25, -0.2) is 0 Å². The Morgan fingerprint density at radius 2 is 1.18 bits per heavy atom. The summed E-state index contributed by atoms with van der Waals surface area (Å²) in [6, 6.07) is 0. The Hall–Kier alpha value is -1.59. The molecule has 0 aliphatic rings. The second kappa shape index (κ2) is 6.53. The maximum atomic E-state index is 9.28. The Kier molecular flexibility index (Phi) is 7.19. The molecule has 0 N–H and O–H groups in total. The maximum absolute atomic E-state index is 9.28. The van der Waals surface area contributed by atoms with Crippen molar-refractivity contribution in [3.63, 3.8) is 0 Å². The van der Waals surface area contributed by atoms with Crippen LogP contribution in [-0.2, 0) is 14.4 Å². The number of carbonyl (C=O) groups is 3. The lowest BCUT2D eigenvalue weighted by Crippen LogP contribution is -2.32. The Morgan fingerprint density at radius 3 is 1.18 bits per heavy atom. The molecule has 0 saturated heterocycles. The zero-order chi connectivity index (χ0) is 9.44. The van der Waals surface area contributed by atoms with Crippen molar-refractivity contribution in [1.29, 1.82) is 0 Å². The van der Waals surface area contributed by atoms with E-state index in [1.165, 1.54) is 0 Å². The van der Waals surface area contributed by atoms with Crippen molar-refractivity contribution in [2.24, 2.45) is 0 Å². The van der Waals surface area contributed by atoms with Gasteiger partial charge in [0.15, 0.2) is 0 Å². The highest BCUT2D eigenvalue weighted by Gasteiger charge is 1.81. The number of hydrogen-bond donors (Lipinski definition) is 0. The van der Waals surface area contributed by atoms with Gasteiger partial charge in [0.1, 0.15) is 0 Å². The smallest absolute Gasteiger partial charge is 0.0470 e. The van der Waals surface area contributed by atoms with Crippen molar-refractivity contribution in [3.05, 3.63) is 0 Å². The summed E-state index contributed by atoms with van der Waals surface area (Å²) in [5.41, 5.74) is 0. The van der Waals surface area contributed by atoms with Gasteiger partial charge in [0, 0.05) is 24.3 Å². The first-order valence-electron chi connectivity index (χ1n) is 2.43. The number of carbonyl (C=O) groups excluding carboxylic acids is 3. The van der Waals surface area contributed by atoms with Crippen LogP contribution in [0.4, 0.5) is 0 Å². The van der Waals surface area contributed by atoms with E-state index in [4.69, 9.17) is 9.90 Å². The standard InChI is InChI=1S/C3H4O4.C2H4O2/c4-2(5)1-3(6)7;1-2(3)4/h1H2,(H,4,5)(H,6,7);1H3,(H,3,4)/p-3. The van der Waals surface area contributed by atoms with Gasteiger partial charge in [-0.1, -0.05) is 0 Å². The van der Waals surface area contributed by atoms with E-state index in [9.17, 15) is 19.8 Å². The predicted molar refractivity (Wildman–Crippen MR) is 25.3 cm³/mol. The maximum Gasteiger partial charge on any atom is 0.0470 e. The van der Waals surface area contributed by atoms with Gasteiger partial charge < -0.3 is 29.7 Å². The number of carboxylic acids is 3. The van der Waals surface area contributed by atoms with E-state index >= 15 is 0 Å². The van der Waals surface area contributed by atoms with Crippen LogP contribution in [0.25, 0.3) is 0 Å². The SMILES string of the molecule is CC(=O)[O-].O=C([O-])CC(=O)[O-]. The van der Waals surface area contributed by atoms with Crippen LogP contribution >= 0.6 is 0 Å². The van der Waals surface area contributed by atoms with Gasteiger partial charge in [0.05, 0.1) is 0 Å². The molecular weight excluding hydrogens is 156 g/mol. The van der Waals surface area contributed by atoms with Gasteiger partial charge in [0.25, 0.3) is 0 Å². The van der Waals surface area contributed by atoms with E-state index in [1.807, 2.05) is 0 Å². The first-order chi connectivity index (χ1) is 4.86. The molecule has 0 aromatic heterocycles. The van der Waals surface area contributed by atoms with Crippen LogP contribution in [0.1, 0.15) is 13.3 Å². The zero-order valence-electron chi connectivity index (χ0n) is 5.66. The molecule has 0 fully saturated rings. The van der Waals surface area contributed by atoms with Gasteiger partial charge >= 0.3 is 0 Å². The van der Waals surface area contributed by atoms with Crippen LogP contribution in [0.3, 0.4) is 0 Å². The molecule has 0 heterocycles. The van der Waals surface area contributed by atoms with Gasteiger partial charge in [-0.3, -0.25) is 0 Å². The van der Waals surface area contributed by atoms with E-state index in [0.717, 1.165) is 6.92 Å². The molecule has 0 aliphatic carbocycles. The van der Waals surface area contributed by atoms with Crippen LogP contribution in [0.15, 0.2) is 0 Å². The van der Waals surface area contributed by atoms with Crippen LogP contribution in [0.2, 0.25) is 0 Å². The Morgan fingerprint density at radius 1 is 1.00 bits per heavy atom. The molecule has 0 rings (SSSR count). The van der Waals surface area contributed by atoms with Crippen molar-refractivity contribution in [2.75, 3.05) is 0 Å². The summed E-state index contributed by atoms with van der Waals surface area (Å²) in [4.78, 5) is 27.4. The van der Waals surface area contributed by atoms with Gasteiger partial charge in [-0.2, -0.15) is 0 Å². The van der Waals surface area contributed by atoms with Crippen molar-refractivity contribution < 1.29 is 29.7 Å². The molecule has 0 unspecified atom stereocenters. The number of carboxylic acid groups (broad SMARTS) is 3. The normalized spacial score (nSPS) is 7.36. The molecule has 0 spiro atoms. The fourth-order valence-electron chi connectivity index (χ4n) is 0.118. The average Bonchev–Trinajstić information content (AvgIpc) is 1.56. The monoisotopic (exact) mass is 161 g/mol. The van der Waals surface area contributed by atoms with E-state index in [-0.39, 0.29) is 0 Å². The van der Waals surface area contributed by atoms with Crippen LogP contribution < -0.4 is 15.3 Å². The number of aliphatic carboxylic acids is 3. The first kappa shape index (κ1) is 12.1. The molecule has 0 aromatic rings. The topological polar surface area (TPSA) is 120 Å². The van der Waals surface area contributed by atoms with Crippen molar-refractivity contribution in [1.82, 2.24) is 0 Å². The minimum atomic E-state index is -1.63. The minimum absolute atomic E-state index is 0.972. The third-order valence-electron chi connectivity index (χ3n) is 0.289. The third-order valence-corrected chi connectivity index (χ3v) is 0.289. The summed E-state index contributed by atoms with van der Waals surface area (Å²) in [6.07, 6.45) is -1.03. The third kappa shape index (κ3) is 59.5. The lowest BCUT2D eigenvalue weighted by molar-refractivity contribution is -0.322. The summed E-state index contributed by atoms with van der Waals surface area (Å²) < 4.78 is 0. The molecule has 0 saturated carbocycles. The molecule has 0 bridgehead atoms. The fourth-order valence-corrected chi connectivity index (χ4v) is 0.118. The van der Waals surface area contributed by atoms with Crippen LogP contribution in [0, 0.1) is 0 Å². The Balaban J connectivity index is 0. The second-order valence-electron chi connectivity index (χ2n) is 1.41. The lowest BCUT2D eigenvalue weighted by Gasteiger charge is -1.99. The molecular formula is C5H5O6-3. The quantitative estimate of drug-likeness (QED) is 0.377. The molecule has 6 heteroatoms. The van der Waals surface area contributed by atoms with Gasteiger partial charge in [0.2, 0.25) is 0 Å². The summed E-state index contributed by atoms with van der Waals surface area (Å²) in [5, 5.41) is 27.4. The molecule has 64 valence electrons. The highest BCUT2D eigenvalue weighted by molar-refractivity contribution is 5.86. The summed E-state index contributed by atoms with van der Waals surface area (Å²) >= 11 is 0. The minimum Gasteiger partial charge on any atom is -0.550 e. The van der Waals surface area contributed by atoms with Crippen molar-refractivity contribution in [3.8, 4) is 0 Å².